The van der Waals surface area contributed by atoms with Gasteiger partial charge in [-0.2, -0.15) is 0 Å². The van der Waals surface area contributed by atoms with Gasteiger partial charge in [0.2, 0.25) is 0 Å². The summed E-state index contributed by atoms with van der Waals surface area (Å²) >= 11 is 0. The number of likely N-dealkylation sites (tertiary alicyclic amines) is 1. The van der Waals surface area contributed by atoms with Crippen molar-refractivity contribution < 1.29 is 22.5 Å². The Morgan fingerprint density at radius 2 is 2.15 bits per heavy atom. The molecule has 0 saturated carbocycles. The average molecular weight is 196 g/mol. The van der Waals surface area contributed by atoms with Gasteiger partial charge in [-0.3, -0.25) is 0 Å². The number of carbonyl (C=O) groups is 1. The summed E-state index contributed by atoms with van der Waals surface area (Å²) in [5, 5.41) is 0. The van der Waals surface area contributed by atoms with Gasteiger partial charge in [0.05, 0.1) is 7.11 Å². The summed E-state index contributed by atoms with van der Waals surface area (Å²) in [5.41, 5.74) is 0. The van der Waals surface area contributed by atoms with Crippen LogP contribution in [0.25, 0.3) is 0 Å². The Hall–Kier alpha value is -0.875. The highest BCUT2D eigenvalue weighted by Gasteiger charge is 2.40. The van der Waals surface area contributed by atoms with E-state index in [0.717, 1.165) is 12.0 Å². The molecule has 1 unspecified atom stereocenters. The van der Waals surface area contributed by atoms with Crippen LogP contribution in [0, 0.1) is 0 Å². The Balaban J connectivity index is 2.50. The lowest BCUT2D eigenvalue weighted by Gasteiger charge is -2.22. The Labute approximate surface area is 73.9 Å². The number of nitrogens with zero attached hydrogens (tertiary/aromatic N) is 1. The zero-order valence-electron chi connectivity index (χ0n) is 7.17. The van der Waals surface area contributed by atoms with Gasteiger partial charge < -0.3 is 22.6 Å². The van der Waals surface area contributed by atoms with Crippen LogP contribution in [-0.2, 0) is 4.74 Å². The zero-order valence-corrected chi connectivity index (χ0v) is 7.17. The smallest absolute Gasteiger partial charge is 0.453 e. The Bertz CT molecular complexity index is 209. The molecule has 0 N–H and O–H groups in total. The van der Waals surface area contributed by atoms with Crippen molar-refractivity contribution >= 4 is 13.1 Å². The van der Waals surface area contributed by atoms with E-state index in [4.69, 9.17) is 0 Å². The quantitative estimate of drug-likeness (QED) is 0.597. The van der Waals surface area contributed by atoms with Crippen molar-refractivity contribution in [2.24, 2.45) is 0 Å². The second kappa shape index (κ2) is 3.47. The molecule has 1 aliphatic heterocycles. The first-order valence-electron chi connectivity index (χ1n) is 3.98. The van der Waals surface area contributed by atoms with Gasteiger partial charge in [-0.15, -0.1) is 0 Å². The van der Waals surface area contributed by atoms with E-state index in [2.05, 4.69) is 4.74 Å². The summed E-state index contributed by atoms with van der Waals surface area (Å²) in [7, 11) is 1.16. The van der Waals surface area contributed by atoms with E-state index >= 15 is 0 Å². The van der Waals surface area contributed by atoms with Crippen LogP contribution in [0.1, 0.15) is 6.42 Å². The van der Waals surface area contributed by atoms with Crippen LogP contribution in [0.5, 0.6) is 0 Å². The number of hydrogen-bond acceptors (Lipinski definition) is 2. The number of ether oxygens (including phenoxy) is 1. The molecule has 1 amide bonds. The first-order chi connectivity index (χ1) is 5.95. The van der Waals surface area contributed by atoms with E-state index in [1.807, 2.05) is 0 Å². The molecule has 1 aliphatic rings. The normalized spacial score (nSPS) is 23.4. The molecule has 1 fully saturated rings. The lowest BCUT2D eigenvalue weighted by Crippen LogP contribution is -2.31. The first-order valence-corrected chi connectivity index (χ1v) is 3.98. The maximum atomic E-state index is 12.2. The molecule has 13 heavy (non-hydrogen) atoms. The van der Waals surface area contributed by atoms with E-state index < -0.39 is 18.9 Å². The van der Waals surface area contributed by atoms with Gasteiger partial charge in [0.1, 0.15) is 0 Å². The van der Waals surface area contributed by atoms with Gasteiger partial charge in [0, 0.05) is 13.1 Å². The topological polar surface area (TPSA) is 29.5 Å². The first kappa shape index (κ1) is 10.2. The summed E-state index contributed by atoms with van der Waals surface area (Å²) in [4.78, 5) is 11.9. The highest BCUT2D eigenvalue weighted by atomic mass is 19.4. The van der Waals surface area contributed by atoms with Gasteiger partial charge in [-0.05, 0) is 0 Å². The third-order valence-electron chi connectivity index (χ3n) is 2.19. The molecule has 1 saturated heterocycles. The fraction of sp³-hybridized carbons (Fsp3) is 0.833. The van der Waals surface area contributed by atoms with Crippen LogP contribution in [0.3, 0.4) is 0 Å². The number of amides is 1. The van der Waals surface area contributed by atoms with Crippen LogP contribution in [0.15, 0.2) is 0 Å². The van der Waals surface area contributed by atoms with Crippen molar-refractivity contribution in [2.45, 2.75) is 12.2 Å². The monoisotopic (exact) mass is 196 g/mol. The Morgan fingerprint density at radius 1 is 1.54 bits per heavy atom. The van der Waals surface area contributed by atoms with Gasteiger partial charge in [0.25, 0.3) is 0 Å². The SMILES string of the molecule is COC(=O)N1CCC([B-](F)(F)F)C1. The molecule has 0 aromatic rings. The summed E-state index contributed by atoms with van der Waals surface area (Å²) in [6.45, 7) is -4.94. The van der Waals surface area contributed by atoms with Crippen molar-refractivity contribution in [3.05, 3.63) is 0 Å². The van der Waals surface area contributed by atoms with E-state index in [-0.39, 0.29) is 19.5 Å². The fourth-order valence-electron chi connectivity index (χ4n) is 1.39. The number of hydrogen-bond donors (Lipinski definition) is 0. The number of rotatable bonds is 1. The molecule has 0 radical (unpaired) electrons. The predicted molar refractivity (Wildman–Crippen MR) is 41.4 cm³/mol. The van der Waals surface area contributed by atoms with Crippen LogP contribution >= 0.6 is 0 Å². The van der Waals surface area contributed by atoms with Crippen LogP contribution < -0.4 is 0 Å². The molecular weight excluding hydrogens is 186 g/mol. The molecule has 0 aromatic carbocycles. The second-order valence-corrected chi connectivity index (χ2v) is 3.09. The highest BCUT2D eigenvalue weighted by molar-refractivity contribution is 6.60. The lowest BCUT2D eigenvalue weighted by atomic mass is 9.72. The third-order valence-corrected chi connectivity index (χ3v) is 2.19. The molecule has 1 atom stereocenters. The van der Waals surface area contributed by atoms with E-state index in [1.165, 1.54) is 0 Å². The van der Waals surface area contributed by atoms with Crippen molar-refractivity contribution in [1.29, 1.82) is 0 Å². The van der Waals surface area contributed by atoms with E-state index in [1.54, 1.807) is 0 Å². The summed E-state index contributed by atoms with van der Waals surface area (Å²) in [6.07, 6.45) is -0.680. The summed E-state index contributed by atoms with van der Waals surface area (Å²) in [5.74, 6) is -1.33. The Kier molecular flexibility index (Phi) is 2.73. The van der Waals surface area contributed by atoms with Crippen molar-refractivity contribution in [1.82, 2.24) is 4.90 Å². The third kappa shape index (κ3) is 2.29. The maximum Gasteiger partial charge on any atom is 0.483 e. The minimum absolute atomic E-state index is 0.00139. The maximum absolute atomic E-state index is 12.2. The zero-order chi connectivity index (χ0) is 10.1. The molecule has 76 valence electrons. The van der Waals surface area contributed by atoms with Crippen LogP contribution in [0.4, 0.5) is 17.7 Å². The molecule has 1 rings (SSSR count). The lowest BCUT2D eigenvalue weighted by molar-refractivity contribution is 0.133. The van der Waals surface area contributed by atoms with Crippen LogP contribution in [-0.4, -0.2) is 38.2 Å². The molecule has 0 aliphatic carbocycles. The summed E-state index contributed by atoms with van der Waals surface area (Å²) < 4.78 is 40.9. The molecular formula is C6H10BF3NO2-. The molecule has 0 bridgehead atoms. The predicted octanol–water partition coefficient (Wildman–Crippen LogP) is 1.68. The standard InChI is InChI=1S/C6H10BF3NO2/c1-13-6(12)11-3-2-5(4-11)7(8,9)10/h5H,2-4H2,1H3/q-1. The van der Waals surface area contributed by atoms with Crippen molar-refractivity contribution in [3.63, 3.8) is 0 Å². The van der Waals surface area contributed by atoms with Gasteiger partial charge >= 0.3 is 13.1 Å². The minimum atomic E-state index is -4.82. The summed E-state index contributed by atoms with van der Waals surface area (Å²) in [6, 6.07) is 0. The number of halogens is 3. The molecule has 7 heteroatoms. The van der Waals surface area contributed by atoms with Crippen molar-refractivity contribution in [2.75, 3.05) is 20.2 Å². The fourth-order valence-corrected chi connectivity index (χ4v) is 1.39. The van der Waals surface area contributed by atoms with Gasteiger partial charge in [-0.1, -0.05) is 12.2 Å². The van der Waals surface area contributed by atoms with E-state index in [0.29, 0.717) is 0 Å². The second-order valence-electron chi connectivity index (χ2n) is 3.09. The van der Waals surface area contributed by atoms with Gasteiger partial charge in [-0.25, -0.2) is 4.79 Å². The number of carbonyl (C=O) groups excluding carboxylic acids is 1. The molecule has 0 spiro atoms. The average Bonchev–Trinajstić information content (AvgIpc) is 2.50. The van der Waals surface area contributed by atoms with Crippen molar-refractivity contribution in [3.8, 4) is 0 Å². The van der Waals surface area contributed by atoms with E-state index in [9.17, 15) is 17.7 Å². The Morgan fingerprint density at radius 3 is 2.54 bits per heavy atom. The van der Waals surface area contributed by atoms with Gasteiger partial charge in [0.15, 0.2) is 0 Å². The molecule has 3 nitrogen and oxygen atoms in total. The molecule has 0 aromatic heterocycles. The number of methoxy groups -OCH3 is 1. The van der Waals surface area contributed by atoms with Crippen LogP contribution in [0.2, 0.25) is 5.82 Å². The molecule has 1 heterocycles. The largest absolute Gasteiger partial charge is 0.483 e. The minimum Gasteiger partial charge on any atom is -0.453 e. The highest BCUT2D eigenvalue weighted by Crippen LogP contribution is 2.34.